The summed E-state index contributed by atoms with van der Waals surface area (Å²) in [4.78, 5) is 4.15. The van der Waals surface area contributed by atoms with Crippen molar-refractivity contribution in [3.8, 4) is 0 Å². The third-order valence-electron chi connectivity index (χ3n) is 2.09. The fraction of sp³-hybridized carbons (Fsp3) is 0.154. The summed E-state index contributed by atoms with van der Waals surface area (Å²) in [5.74, 6) is 0.621. The molecule has 2 aromatic rings. The van der Waals surface area contributed by atoms with Gasteiger partial charge in [0.25, 0.3) is 0 Å². The van der Waals surface area contributed by atoms with Crippen LogP contribution < -0.4 is 0 Å². The maximum Gasteiger partial charge on any atom is 0.174 e. The molecule has 79 valence electrons. The van der Waals surface area contributed by atoms with Gasteiger partial charge in [-0.2, -0.15) is 0 Å². The number of hydrogen-bond donors (Lipinski definition) is 0. The Morgan fingerprint density at radius 1 is 1.12 bits per heavy atom. The Kier molecular flexibility index (Phi) is 3.05. The first-order valence-corrected chi connectivity index (χ1v) is 5.07. The second kappa shape index (κ2) is 4.66. The van der Waals surface area contributed by atoms with Crippen LogP contribution in [-0.4, -0.2) is 4.98 Å². The van der Waals surface area contributed by atoms with E-state index in [1.165, 1.54) is 0 Å². The van der Waals surface area contributed by atoms with Crippen LogP contribution in [0.1, 0.15) is 11.1 Å². The molecule has 0 amide bonds. The molecular formula is C13H12N3. The largest absolute Gasteiger partial charge is 0.235 e. The van der Waals surface area contributed by atoms with Crippen molar-refractivity contribution in [1.82, 2.24) is 4.98 Å². The molecule has 0 aliphatic heterocycles. The number of rotatable bonds is 2. The second-order valence-electron chi connectivity index (χ2n) is 3.62. The van der Waals surface area contributed by atoms with Gasteiger partial charge in [0, 0.05) is 6.20 Å². The average Bonchev–Trinajstić information content (AvgIpc) is 2.28. The lowest BCUT2D eigenvalue weighted by molar-refractivity contribution is 1.14. The standard InChI is InChI=1S/C13H12N3/c1-10-4-3-5-12(8-10)15-16-13-7-6-11(2)9-14-13/h3,5-9H,1-2H3/b16-15+. The van der Waals surface area contributed by atoms with Crippen LogP contribution in [0.4, 0.5) is 11.5 Å². The molecule has 0 aliphatic rings. The molecule has 0 bridgehead atoms. The molecule has 0 atom stereocenters. The molecule has 0 saturated heterocycles. The molecule has 3 nitrogen and oxygen atoms in total. The van der Waals surface area contributed by atoms with Gasteiger partial charge >= 0.3 is 0 Å². The van der Waals surface area contributed by atoms with Crippen molar-refractivity contribution >= 4 is 11.5 Å². The molecule has 3 heteroatoms. The third kappa shape index (κ3) is 2.73. The highest BCUT2D eigenvalue weighted by atomic mass is 15.1. The van der Waals surface area contributed by atoms with E-state index in [9.17, 15) is 0 Å². The number of aromatic nitrogens is 1. The summed E-state index contributed by atoms with van der Waals surface area (Å²) in [6.07, 6.45) is 1.78. The van der Waals surface area contributed by atoms with Crippen molar-refractivity contribution in [3.05, 3.63) is 53.7 Å². The fourth-order valence-electron chi connectivity index (χ4n) is 1.26. The molecule has 0 N–H and O–H groups in total. The first-order valence-electron chi connectivity index (χ1n) is 5.07. The SMILES string of the molecule is Cc1[c]ccc(/N=N/c2ccc(C)cn2)c1. The van der Waals surface area contributed by atoms with Gasteiger partial charge in [-0.25, -0.2) is 4.98 Å². The lowest BCUT2D eigenvalue weighted by Crippen LogP contribution is -1.75. The van der Waals surface area contributed by atoms with E-state index in [4.69, 9.17) is 0 Å². The van der Waals surface area contributed by atoms with E-state index < -0.39 is 0 Å². The van der Waals surface area contributed by atoms with E-state index >= 15 is 0 Å². The van der Waals surface area contributed by atoms with Gasteiger partial charge in [-0.05, 0) is 49.2 Å². The molecule has 1 radical (unpaired) electrons. The van der Waals surface area contributed by atoms with Crippen molar-refractivity contribution in [2.24, 2.45) is 10.2 Å². The fourth-order valence-corrected chi connectivity index (χ4v) is 1.26. The van der Waals surface area contributed by atoms with Gasteiger partial charge < -0.3 is 0 Å². The van der Waals surface area contributed by atoms with E-state index in [1.807, 2.05) is 44.2 Å². The van der Waals surface area contributed by atoms with Crippen LogP contribution in [0.25, 0.3) is 0 Å². The summed E-state index contributed by atoms with van der Waals surface area (Å²) in [7, 11) is 0. The van der Waals surface area contributed by atoms with Gasteiger partial charge in [-0.3, -0.25) is 0 Å². The van der Waals surface area contributed by atoms with Crippen LogP contribution in [0.5, 0.6) is 0 Å². The van der Waals surface area contributed by atoms with E-state index in [1.54, 1.807) is 6.20 Å². The van der Waals surface area contributed by atoms with Crippen molar-refractivity contribution in [1.29, 1.82) is 0 Å². The smallest absolute Gasteiger partial charge is 0.174 e. The van der Waals surface area contributed by atoms with Gasteiger partial charge in [0.1, 0.15) is 0 Å². The van der Waals surface area contributed by atoms with Gasteiger partial charge in [0.15, 0.2) is 5.82 Å². The highest BCUT2D eigenvalue weighted by molar-refractivity contribution is 5.39. The van der Waals surface area contributed by atoms with Crippen LogP contribution in [-0.2, 0) is 0 Å². The molecule has 0 saturated carbocycles. The van der Waals surface area contributed by atoms with Crippen LogP contribution in [0.2, 0.25) is 0 Å². The first-order chi connectivity index (χ1) is 7.74. The minimum atomic E-state index is 0.621. The van der Waals surface area contributed by atoms with E-state index in [0.717, 1.165) is 16.8 Å². The number of nitrogens with zero attached hydrogens (tertiary/aromatic N) is 3. The molecular weight excluding hydrogens is 198 g/mol. The summed E-state index contributed by atoms with van der Waals surface area (Å²) in [6, 6.07) is 12.5. The Labute approximate surface area is 94.9 Å². The summed E-state index contributed by atoms with van der Waals surface area (Å²) >= 11 is 0. The summed E-state index contributed by atoms with van der Waals surface area (Å²) < 4.78 is 0. The maximum absolute atomic E-state index is 4.15. The first kappa shape index (κ1) is 10.5. The molecule has 0 spiro atoms. The van der Waals surface area contributed by atoms with Crippen molar-refractivity contribution in [3.63, 3.8) is 0 Å². The molecule has 1 aromatic carbocycles. The normalized spacial score (nSPS) is 10.9. The highest BCUT2D eigenvalue weighted by Gasteiger charge is 1.92. The maximum atomic E-state index is 4.15. The van der Waals surface area contributed by atoms with Gasteiger partial charge in [-0.15, -0.1) is 10.2 Å². The molecule has 0 aliphatic carbocycles. The summed E-state index contributed by atoms with van der Waals surface area (Å²) in [6.45, 7) is 3.97. The Morgan fingerprint density at radius 3 is 2.69 bits per heavy atom. The lowest BCUT2D eigenvalue weighted by atomic mass is 10.2. The quantitative estimate of drug-likeness (QED) is 0.692. The Hall–Kier alpha value is -2.03. The van der Waals surface area contributed by atoms with E-state index in [-0.39, 0.29) is 0 Å². The highest BCUT2D eigenvalue weighted by Crippen LogP contribution is 2.17. The molecule has 2 rings (SSSR count). The Balaban J connectivity index is 2.18. The zero-order valence-electron chi connectivity index (χ0n) is 9.31. The van der Waals surface area contributed by atoms with Crippen molar-refractivity contribution < 1.29 is 0 Å². The Bertz CT molecular complexity index is 501. The average molecular weight is 210 g/mol. The van der Waals surface area contributed by atoms with Crippen molar-refractivity contribution in [2.45, 2.75) is 13.8 Å². The van der Waals surface area contributed by atoms with E-state index in [0.29, 0.717) is 5.82 Å². The minimum Gasteiger partial charge on any atom is -0.235 e. The third-order valence-corrected chi connectivity index (χ3v) is 2.09. The molecule has 1 heterocycles. The predicted octanol–water partition coefficient (Wildman–Crippen LogP) is 3.91. The lowest BCUT2D eigenvalue weighted by Gasteiger charge is -1.94. The molecule has 0 unspecified atom stereocenters. The minimum absolute atomic E-state index is 0.621. The van der Waals surface area contributed by atoms with E-state index in [2.05, 4.69) is 21.3 Å². The molecule has 1 aromatic heterocycles. The number of azo groups is 1. The molecule has 0 fully saturated rings. The number of pyridine rings is 1. The Morgan fingerprint density at radius 2 is 2.00 bits per heavy atom. The summed E-state index contributed by atoms with van der Waals surface area (Å²) in [5, 5.41) is 8.17. The number of benzene rings is 1. The number of hydrogen-bond acceptors (Lipinski definition) is 3. The van der Waals surface area contributed by atoms with Crippen LogP contribution in [0.3, 0.4) is 0 Å². The zero-order valence-corrected chi connectivity index (χ0v) is 9.31. The van der Waals surface area contributed by atoms with Gasteiger partial charge in [-0.1, -0.05) is 12.1 Å². The van der Waals surface area contributed by atoms with Crippen molar-refractivity contribution in [2.75, 3.05) is 0 Å². The van der Waals surface area contributed by atoms with Crippen LogP contribution in [0.15, 0.2) is 46.8 Å². The van der Waals surface area contributed by atoms with Crippen LogP contribution >= 0.6 is 0 Å². The number of aryl methyl sites for hydroxylation is 2. The second-order valence-corrected chi connectivity index (χ2v) is 3.62. The summed E-state index contributed by atoms with van der Waals surface area (Å²) in [5.41, 5.74) is 2.98. The van der Waals surface area contributed by atoms with Gasteiger partial charge in [0.2, 0.25) is 0 Å². The van der Waals surface area contributed by atoms with Crippen LogP contribution in [0, 0.1) is 19.9 Å². The zero-order chi connectivity index (χ0) is 11.4. The predicted molar refractivity (Wildman–Crippen MR) is 63.2 cm³/mol. The topological polar surface area (TPSA) is 37.6 Å². The monoisotopic (exact) mass is 210 g/mol. The van der Waals surface area contributed by atoms with Gasteiger partial charge in [0.05, 0.1) is 5.69 Å². The molecule has 16 heavy (non-hydrogen) atoms.